The number of nitrogens with two attached hydrogens (primary N) is 1. The normalized spacial score (nSPS) is 42.0. The molecule has 0 spiro atoms. The van der Waals surface area contributed by atoms with Gasteiger partial charge in [0.2, 0.25) is 0 Å². The lowest BCUT2D eigenvalue weighted by molar-refractivity contribution is 0.247. The molecule has 1 rings (SSSR count). The first-order valence-electron chi connectivity index (χ1n) is 4.46. The van der Waals surface area contributed by atoms with E-state index in [4.69, 9.17) is 5.73 Å². The molecule has 0 aromatic rings. The highest BCUT2D eigenvalue weighted by atomic mass is 32.2. The molecule has 11 heavy (non-hydrogen) atoms. The summed E-state index contributed by atoms with van der Waals surface area (Å²) < 4.78 is 0. The molecule has 0 aromatic carbocycles. The quantitative estimate of drug-likeness (QED) is 0.656. The zero-order chi connectivity index (χ0) is 8.43. The van der Waals surface area contributed by atoms with Crippen LogP contribution in [0.3, 0.4) is 0 Å². The third-order valence-corrected chi connectivity index (χ3v) is 4.21. The molecular weight excluding hydrogens is 154 g/mol. The van der Waals surface area contributed by atoms with Crippen LogP contribution in [0.4, 0.5) is 0 Å². The van der Waals surface area contributed by atoms with Gasteiger partial charge in [0, 0.05) is 6.04 Å². The Hall–Kier alpha value is 0.310. The molecule has 3 unspecified atom stereocenters. The van der Waals surface area contributed by atoms with Crippen LogP contribution in [0.2, 0.25) is 0 Å². The summed E-state index contributed by atoms with van der Waals surface area (Å²) in [4.78, 5) is 0. The van der Waals surface area contributed by atoms with E-state index in [0.717, 1.165) is 17.8 Å². The minimum atomic E-state index is 0.376. The van der Waals surface area contributed by atoms with Gasteiger partial charge in [-0.15, -0.1) is 0 Å². The van der Waals surface area contributed by atoms with E-state index in [1.54, 1.807) is 0 Å². The van der Waals surface area contributed by atoms with Crippen molar-refractivity contribution in [3.8, 4) is 0 Å². The molecule has 0 saturated carbocycles. The maximum atomic E-state index is 5.94. The minimum absolute atomic E-state index is 0.376. The van der Waals surface area contributed by atoms with Crippen LogP contribution < -0.4 is 5.73 Å². The fourth-order valence-corrected chi connectivity index (χ4v) is 3.58. The van der Waals surface area contributed by atoms with Crippen LogP contribution >= 0.6 is 11.8 Å². The van der Waals surface area contributed by atoms with Crippen LogP contribution in [-0.4, -0.2) is 17.5 Å². The molecule has 1 aliphatic heterocycles. The van der Waals surface area contributed by atoms with Crippen molar-refractivity contribution in [1.82, 2.24) is 0 Å². The van der Waals surface area contributed by atoms with Gasteiger partial charge in [-0.1, -0.05) is 13.8 Å². The first kappa shape index (κ1) is 9.40. The Morgan fingerprint density at radius 2 is 1.73 bits per heavy atom. The van der Waals surface area contributed by atoms with Gasteiger partial charge in [-0.05, 0) is 36.2 Å². The molecule has 0 amide bonds. The lowest BCUT2D eigenvalue weighted by Crippen LogP contribution is -2.40. The third kappa shape index (κ3) is 2.12. The van der Waals surface area contributed by atoms with Crippen molar-refractivity contribution in [1.29, 1.82) is 0 Å². The van der Waals surface area contributed by atoms with Crippen molar-refractivity contribution in [3.05, 3.63) is 0 Å². The van der Waals surface area contributed by atoms with E-state index >= 15 is 0 Å². The Kier molecular flexibility index (Phi) is 3.26. The highest BCUT2D eigenvalue weighted by Gasteiger charge is 2.30. The Bertz CT molecular complexity index is 115. The second-order valence-electron chi connectivity index (χ2n) is 3.93. The van der Waals surface area contributed by atoms with E-state index in [2.05, 4.69) is 32.5 Å². The Balaban J connectivity index is 2.55. The summed E-state index contributed by atoms with van der Waals surface area (Å²) in [7, 11) is 0. The molecule has 3 atom stereocenters. The van der Waals surface area contributed by atoms with Crippen LogP contribution in [0.1, 0.15) is 20.8 Å². The van der Waals surface area contributed by atoms with Crippen LogP contribution in [-0.2, 0) is 0 Å². The summed E-state index contributed by atoms with van der Waals surface area (Å²) in [6, 6.07) is 0.376. The van der Waals surface area contributed by atoms with E-state index in [1.165, 1.54) is 11.5 Å². The van der Waals surface area contributed by atoms with Crippen molar-refractivity contribution in [3.63, 3.8) is 0 Å². The number of thioether (sulfide) groups is 1. The summed E-state index contributed by atoms with van der Waals surface area (Å²) >= 11 is 2.08. The van der Waals surface area contributed by atoms with Gasteiger partial charge in [-0.25, -0.2) is 0 Å². The smallest absolute Gasteiger partial charge is 0.00444 e. The molecule has 66 valence electrons. The number of hydrogen-bond donors (Lipinski definition) is 1. The standard InChI is InChI=1S/C9H19NS/c1-6-4-11-5-7(2)9(6)8(3)10/h6-9H,4-5,10H2,1-3H3. The van der Waals surface area contributed by atoms with Gasteiger partial charge in [0.05, 0.1) is 0 Å². The molecule has 0 aliphatic carbocycles. The lowest BCUT2D eigenvalue weighted by atomic mass is 9.80. The van der Waals surface area contributed by atoms with Gasteiger partial charge >= 0.3 is 0 Å². The van der Waals surface area contributed by atoms with E-state index < -0.39 is 0 Å². The van der Waals surface area contributed by atoms with Crippen molar-refractivity contribution < 1.29 is 0 Å². The number of hydrogen-bond acceptors (Lipinski definition) is 2. The Labute approximate surface area is 74.1 Å². The Morgan fingerprint density at radius 1 is 1.27 bits per heavy atom. The fraction of sp³-hybridized carbons (Fsp3) is 1.00. The first-order chi connectivity index (χ1) is 5.13. The summed E-state index contributed by atoms with van der Waals surface area (Å²) in [5.41, 5.74) is 5.94. The SMILES string of the molecule is CC(N)C1C(C)CSCC1C. The van der Waals surface area contributed by atoms with Gasteiger partial charge < -0.3 is 5.73 Å². The van der Waals surface area contributed by atoms with Crippen LogP contribution in [0.5, 0.6) is 0 Å². The molecule has 1 nitrogen and oxygen atoms in total. The lowest BCUT2D eigenvalue weighted by Gasteiger charge is -2.36. The second kappa shape index (κ2) is 3.81. The molecule has 1 saturated heterocycles. The van der Waals surface area contributed by atoms with E-state index in [-0.39, 0.29) is 0 Å². The average molecular weight is 173 g/mol. The molecule has 1 aliphatic rings. The minimum Gasteiger partial charge on any atom is -0.328 e. The van der Waals surface area contributed by atoms with Crippen molar-refractivity contribution in [2.45, 2.75) is 26.8 Å². The monoisotopic (exact) mass is 173 g/mol. The summed E-state index contributed by atoms with van der Waals surface area (Å²) in [5.74, 6) is 4.97. The van der Waals surface area contributed by atoms with Gasteiger partial charge in [-0.2, -0.15) is 11.8 Å². The van der Waals surface area contributed by atoms with Crippen LogP contribution in [0, 0.1) is 17.8 Å². The number of rotatable bonds is 1. The zero-order valence-corrected chi connectivity index (χ0v) is 8.53. The highest BCUT2D eigenvalue weighted by Crippen LogP contribution is 2.34. The first-order valence-corrected chi connectivity index (χ1v) is 5.61. The van der Waals surface area contributed by atoms with E-state index in [9.17, 15) is 0 Å². The highest BCUT2D eigenvalue weighted by molar-refractivity contribution is 7.99. The summed E-state index contributed by atoms with van der Waals surface area (Å²) in [5, 5.41) is 0. The summed E-state index contributed by atoms with van der Waals surface area (Å²) in [6.07, 6.45) is 0. The maximum absolute atomic E-state index is 5.94. The summed E-state index contributed by atoms with van der Waals surface area (Å²) in [6.45, 7) is 6.81. The predicted octanol–water partition coefficient (Wildman–Crippen LogP) is 1.97. The van der Waals surface area contributed by atoms with Crippen molar-refractivity contribution in [2.24, 2.45) is 23.5 Å². The van der Waals surface area contributed by atoms with Crippen molar-refractivity contribution >= 4 is 11.8 Å². The van der Waals surface area contributed by atoms with Crippen molar-refractivity contribution in [2.75, 3.05) is 11.5 Å². The third-order valence-electron chi connectivity index (χ3n) is 2.68. The fourth-order valence-electron chi connectivity index (χ4n) is 2.26. The average Bonchev–Trinajstić information content (AvgIpc) is 1.85. The van der Waals surface area contributed by atoms with Crippen LogP contribution in [0.25, 0.3) is 0 Å². The topological polar surface area (TPSA) is 26.0 Å². The molecule has 0 bridgehead atoms. The largest absolute Gasteiger partial charge is 0.328 e. The second-order valence-corrected chi connectivity index (χ2v) is 5.00. The molecule has 0 aromatic heterocycles. The van der Waals surface area contributed by atoms with Gasteiger partial charge in [0.25, 0.3) is 0 Å². The molecule has 2 heteroatoms. The van der Waals surface area contributed by atoms with E-state index in [1.807, 2.05) is 0 Å². The molecular formula is C9H19NS. The molecule has 1 fully saturated rings. The maximum Gasteiger partial charge on any atom is 0.00444 e. The van der Waals surface area contributed by atoms with Gasteiger partial charge in [0.1, 0.15) is 0 Å². The molecule has 1 heterocycles. The Morgan fingerprint density at radius 3 is 2.00 bits per heavy atom. The van der Waals surface area contributed by atoms with Gasteiger partial charge in [-0.3, -0.25) is 0 Å². The molecule has 2 N–H and O–H groups in total. The molecule has 0 radical (unpaired) electrons. The zero-order valence-electron chi connectivity index (χ0n) is 7.71. The van der Waals surface area contributed by atoms with E-state index in [0.29, 0.717) is 6.04 Å². The van der Waals surface area contributed by atoms with Crippen LogP contribution in [0.15, 0.2) is 0 Å². The predicted molar refractivity (Wildman–Crippen MR) is 52.8 cm³/mol. The van der Waals surface area contributed by atoms with Gasteiger partial charge in [0.15, 0.2) is 0 Å².